The van der Waals surface area contributed by atoms with Gasteiger partial charge >= 0.3 is 5.97 Å². The highest BCUT2D eigenvalue weighted by molar-refractivity contribution is 5.92. The van der Waals surface area contributed by atoms with Crippen LogP contribution in [-0.2, 0) is 33.2 Å². The molecule has 10 heteroatoms. The van der Waals surface area contributed by atoms with E-state index in [1.165, 1.54) is 7.11 Å². The number of rotatable bonds is 20. The molecule has 0 bridgehead atoms. The van der Waals surface area contributed by atoms with Gasteiger partial charge in [0.2, 0.25) is 0 Å². The van der Waals surface area contributed by atoms with Gasteiger partial charge in [0, 0.05) is 12.7 Å². The van der Waals surface area contributed by atoms with Crippen molar-refractivity contribution < 1.29 is 47.8 Å². The molecular weight excluding hydrogens is 448 g/mol. The first kappa shape index (κ1) is 29.8. The van der Waals surface area contributed by atoms with E-state index >= 15 is 0 Å². The number of carbonyl (C=O) groups is 1. The monoisotopic (exact) mass is 484 g/mol. The highest BCUT2D eigenvalue weighted by Crippen LogP contribution is 2.21. The topological polar surface area (TPSA) is 111 Å². The summed E-state index contributed by atoms with van der Waals surface area (Å²) < 4.78 is 42.3. The molecule has 0 saturated heterocycles. The molecule has 0 fully saturated rings. The SMILES string of the molecule is COCCOCCOCCOCCOCCOCCOc1cc(C#CCO)ccc1C(=O)OC. The van der Waals surface area contributed by atoms with Crippen molar-refractivity contribution >= 4 is 5.97 Å². The minimum Gasteiger partial charge on any atom is -0.490 e. The summed E-state index contributed by atoms with van der Waals surface area (Å²) in [6, 6.07) is 4.86. The first-order chi connectivity index (χ1) is 16.7. The quantitative estimate of drug-likeness (QED) is 0.163. The molecule has 1 rings (SSSR count). The van der Waals surface area contributed by atoms with Crippen molar-refractivity contribution in [1.29, 1.82) is 0 Å². The lowest BCUT2D eigenvalue weighted by Gasteiger charge is -2.11. The molecule has 34 heavy (non-hydrogen) atoms. The second kappa shape index (κ2) is 21.3. The molecule has 1 N–H and O–H groups in total. The van der Waals surface area contributed by atoms with E-state index in [-0.39, 0.29) is 13.2 Å². The Kier molecular flexibility index (Phi) is 18.7. The zero-order valence-corrected chi connectivity index (χ0v) is 20.0. The van der Waals surface area contributed by atoms with Gasteiger partial charge in [-0.05, 0) is 18.2 Å². The van der Waals surface area contributed by atoms with Gasteiger partial charge in [0.05, 0.1) is 79.8 Å². The van der Waals surface area contributed by atoms with Crippen LogP contribution in [0.3, 0.4) is 0 Å². The summed E-state index contributed by atoms with van der Waals surface area (Å²) in [7, 11) is 2.93. The Bertz CT molecular complexity index is 713. The normalized spacial score (nSPS) is 10.6. The average Bonchev–Trinajstić information content (AvgIpc) is 2.86. The molecular formula is C24H36O10. The third-order valence-corrected chi connectivity index (χ3v) is 4.10. The highest BCUT2D eigenvalue weighted by Gasteiger charge is 2.13. The van der Waals surface area contributed by atoms with E-state index in [2.05, 4.69) is 11.8 Å². The van der Waals surface area contributed by atoms with Crippen molar-refractivity contribution in [2.45, 2.75) is 0 Å². The van der Waals surface area contributed by atoms with Gasteiger partial charge in [-0.1, -0.05) is 11.8 Å². The third kappa shape index (κ3) is 14.8. The van der Waals surface area contributed by atoms with E-state index < -0.39 is 5.97 Å². The molecule has 0 amide bonds. The molecule has 0 aliphatic heterocycles. The molecule has 0 aliphatic carbocycles. The van der Waals surface area contributed by atoms with Gasteiger partial charge in [-0.25, -0.2) is 4.79 Å². The van der Waals surface area contributed by atoms with Crippen molar-refractivity contribution in [3.8, 4) is 17.6 Å². The van der Waals surface area contributed by atoms with Gasteiger partial charge in [0.25, 0.3) is 0 Å². The summed E-state index contributed by atoms with van der Waals surface area (Å²) >= 11 is 0. The van der Waals surface area contributed by atoms with Crippen molar-refractivity contribution in [2.75, 3.05) is 100 Å². The molecule has 0 unspecified atom stereocenters. The van der Waals surface area contributed by atoms with Crippen molar-refractivity contribution in [1.82, 2.24) is 0 Å². The van der Waals surface area contributed by atoms with Crippen LogP contribution in [0.4, 0.5) is 0 Å². The maximum atomic E-state index is 11.9. The Morgan fingerprint density at radius 3 is 1.74 bits per heavy atom. The van der Waals surface area contributed by atoms with Crippen LogP contribution in [0.25, 0.3) is 0 Å². The van der Waals surface area contributed by atoms with Gasteiger partial charge in [-0.2, -0.15) is 0 Å². The number of hydrogen-bond acceptors (Lipinski definition) is 10. The fraction of sp³-hybridized carbons (Fsp3) is 0.625. The summed E-state index contributed by atoms with van der Waals surface area (Å²) in [4.78, 5) is 11.9. The van der Waals surface area contributed by atoms with Crippen LogP contribution < -0.4 is 4.74 Å². The predicted molar refractivity (Wildman–Crippen MR) is 123 cm³/mol. The van der Waals surface area contributed by atoms with E-state index in [0.717, 1.165) is 0 Å². The molecule has 1 aromatic carbocycles. The lowest BCUT2D eigenvalue weighted by molar-refractivity contribution is -0.0159. The van der Waals surface area contributed by atoms with Gasteiger partial charge in [-0.15, -0.1) is 0 Å². The van der Waals surface area contributed by atoms with E-state index in [4.69, 9.17) is 43.0 Å². The van der Waals surface area contributed by atoms with Gasteiger partial charge in [0.1, 0.15) is 24.5 Å². The molecule has 10 nitrogen and oxygen atoms in total. The lowest BCUT2D eigenvalue weighted by atomic mass is 10.1. The minimum absolute atomic E-state index is 0.238. The zero-order chi connectivity index (χ0) is 24.7. The van der Waals surface area contributed by atoms with Crippen LogP contribution in [-0.4, -0.2) is 111 Å². The second-order valence-corrected chi connectivity index (χ2v) is 6.57. The largest absolute Gasteiger partial charge is 0.490 e. The standard InChI is InChI=1S/C24H36O10/c1-27-8-9-29-10-11-30-12-13-31-14-15-32-16-17-33-18-19-34-23-20-21(4-3-7-25)5-6-22(23)24(26)28-2/h5-6,20,25H,7-19H2,1-2H3. The molecule has 0 spiro atoms. The Balaban J connectivity index is 2.04. The Labute approximate surface area is 201 Å². The number of hydrogen-bond donors (Lipinski definition) is 1. The summed E-state index contributed by atoms with van der Waals surface area (Å²) in [6.07, 6.45) is 0. The summed E-state index contributed by atoms with van der Waals surface area (Å²) in [5.74, 6) is 5.16. The molecule has 0 atom stereocenters. The average molecular weight is 485 g/mol. The molecule has 0 heterocycles. The number of carbonyl (C=O) groups excluding carboxylic acids is 1. The maximum Gasteiger partial charge on any atom is 0.341 e. The lowest BCUT2D eigenvalue weighted by Crippen LogP contribution is -2.15. The molecule has 0 saturated carbocycles. The van der Waals surface area contributed by atoms with Crippen LogP contribution in [0, 0.1) is 11.8 Å². The number of aliphatic hydroxyl groups is 1. The molecule has 1 aromatic rings. The van der Waals surface area contributed by atoms with Crippen molar-refractivity contribution in [3.63, 3.8) is 0 Å². The minimum atomic E-state index is -0.508. The Hall–Kier alpha value is -2.23. The Morgan fingerprint density at radius 1 is 0.765 bits per heavy atom. The molecule has 0 aliphatic rings. The van der Waals surface area contributed by atoms with E-state index in [0.29, 0.717) is 89.6 Å². The maximum absolute atomic E-state index is 11.9. The van der Waals surface area contributed by atoms with Crippen LogP contribution in [0.15, 0.2) is 18.2 Å². The molecule has 0 aromatic heterocycles. The summed E-state index contributed by atoms with van der Waals surface area (Å²) in [5.41, 5.74) is 0.910. The number of benzene rings is 1. The van der Waals surface area contributed by atoms with Crippen LogP contribution in [0.2, 0.25) is 0 Å². The molecule has 192 valence electrons. The molecule has 0 radical (unpaired) electrons. The van der Waals surface area contributed by atoms with Gasteiger partial charge in [0.15, 0.2) is 0 Å². The zero-order valence-electron chi connectivity index (χ0n) is 20.0. The Morgan fingerprint density at radius 2 is 1.26 bits per heavy atom. The summed E-state index contributed by atoms with van der Waals surface area (Å²) in [5, 5.41) is 8.83. The smallest absolute Gasteiger partial charge is 0.341 e. The van der Waals surface area contributed by atoms with Crippen molar-refractivity contribution in [3.05, 3.63) is 29.3 Å². The number of methoxy groups -OCH3 is 2. The van der Waals surface area contributed by atoms with Crippen LogP contribution in [0.5, 0.6) is 5.75 Å². The predicted octanol–water partition coefficient (Wildman–Crippen LogP) is 0.925. The van der Waals surface area contributed by atoms with E-state index in [1.807, 2.05) is 0 Å². The third-order valence-electron chi connectivity index (χ3n) is 4.10. The fourth-order valence-electron chi connectivity index (χ4n) is 2.47. The van der Waals surface area contributed by atoms with E-state index in [9.17, 15) is 4.79 Å². The van der Waals surface area contributed by atoms with Crippen LogP contribution in [0.1, 0.15) is 15.9 Å². The van der Waals surface area contributed by atoms with Crippen molar-refractivity contribution in [2.24, 2.45) is 0 Å². The van der Waals surface area contributed by atoms with Gasteiger partial charge in [-0.3, -0.25) is 0 Å². The first-order valence-electron chi connectivity index (χ1n) is 11.1. The fourth-order valence-corrected chi connectivity index (χ4v) is 2.47. The number of esters is 1. The number of ether oxygens (including phenoxy) is 8. The second-order valence-electron chi connectivity index (χ2n) is 6.57. The number of aliphatic hydroxyl groups excluding tert-OH is 1. The first-order valence-corrected chi connectivity index (χ1v) is 11.1. The van der Waals surface area contributed by atoms with Crippen LogP contribution >= 0.6 is 0 Å². The summed E-state index contributed by atoms with van der Waals surface area (Å²) in [6.45, 7) is 5.28. The van der Waals surface area contributed by atoms with Gasteiger partial charge < -0.3 is 43.0 Å². The highest BCUT2D eigenvalue weighted by atomic mass is 16.6. The van der Waals surface area contributed by atoms with E-state index in [1.54, 1.807) is 25.3 Å².